The molecule has 1 aliphatic carbocycles. The van der Waals surface area contributed by atoms with Gasteiger partial charge >= 0.3 is 0 Å². The van der Waals surface area contributed by atoms with E-state index in [4.69, 9.17) is 0 Å². The normalized spacial score (nSPS) is 18.2. The molecular weight excluding hydrogens is 210 g/mol. The molecule has 0 amide bonds. The van der Waals surface area contributed by atoms with Gasteiger partial charge in [-0.3, -0.25) is 0 Å². The van der Waals surface area contributed by atoms with Crippen LogP contribution in [0, 0.1) is 0 Å². The average Bonchev–Trinajstić information content (AvgIpc) is 2.58. The summed E-state index contributed by atoms with van der Waals surface area (Å²) in [5.41, 5.74) is 2.56. The van der Waals surface area contributed by atoms with Gasteiger partial charge in [0.2, 0.25) is 0 Å². The van der Waals surface area contributed by atoms with Crippen LogP contribution in [0.4, 0.5) is 0 Å². The SMILES string of the molecule is CC(O)Cc1ccc2c(ccn2C2CCC2)c1. The summed E-state index contributed by atoms with van der Waals surface area (Å²) in [6.07, 6.45) is 6.69. The highest BCUT2D eigenvalue weighted by molar-refractivity contribution is 5.81. The summed E-state index contributed by atoms with van der Waals surface area (Å²) in [5, 5.41) is 10.7. The number of aliphatic hydroxyl groups is 1. The first-order valence-corrected chi connectivity index (χ1v) is 6.51. The maximum absolute atomic E-state index is 9.41. The van der Waals surface area contributed by atoms with Crippen molar-refractivity contribution < 1.29 is 5.11 Å². The van der Waals surface area contributed by atoms with E-state index in [1.165, 1.54) is 35.7 Å². The minimum Gasteiger partial charge on any atom is -0.393 e. The quantitative estimate of drug-likeness (QED) is 0.858. The molecule has 1 saturated carbocycles. The molecule has 1 aromatic carbocycles. The summed E-state index contributed by atoms with van der Waals surface area (Å²) in [6.45, 7) is 1.84. The predicted octanol–water partition coefficient (Wildman–Crippen LogP) is 3.29. The fraction of sp³-hybridized carbons (Fsp3) is 0.467. The predicted molar refractivity (Wildman–Crippen MR) is 70.2 cm³/mol. The Morgan fingerprint density at radius 3 is 2.82 bits per heavy atom. The lowest BCUT2D eigenvalue weighted by Crippen LogP contribution is -2.15. The molecule has 3 rings (SSSR count). The zero-order valence-corrected chi connectivity index (χ0v) is 10.3. The second-order valence-electron chi connectivity index (χ2n) is 5.25. The van der Waals surface area contributed by atoms with Crippen LogP contribution in [-0.2, 0) is 6.42 Å². The molecule has 1 fully saturated rings. The van der Waals surface area contributed by atoms with Crippen molar-refractivity contribution in [1.29, 1.82) is 0 Å². The van der Waals surface area contributed by atoms with Gasteiger partial charge in [-0.2, -0.15) is 0 Å². The molecule has 17 heavy (non-hydrogen) atoms. The lowest BCUT2D eigenvalue weighted by Gasteiger charge is -2.28. The Kier molecular flexibility index (Phi) is 2.67. The molecule has 2 heteroatoms. The van der Waals surface area contributed by atoms with Crippen molar-refractivity contribution in [2.24, 2.45) is 0 Å². The standard InChI is InChI=1S/C15H19NO/c1-11(17)9-12-5-6-15-13(10-12)7-8-16(15)14-3-2-4-14/h5-8,10-11,14,17H,2-4,9H2,1H3. The van der Waals surface area contributed by atoms with Crippen molar-refractivity contribution >= 4 is 10.9 Å². The van der Waals surface area contributed by atoms with E-state index in [1.54, 1.807) is 0 Å². The zero-order valence-electron chi connectivity index (χ0n) is 10.3. The van der Waals surface area contributed by atoms with Gasteiger partial charge in [-0.15, -0.1) is 0 Å². The van der Waals surface area contributed by atoms with Crippen LogP contribution in [0.5, 0.6) is 0 Å². The van der Waals surface area contributed by atoms with Crippen LogP contribution in [0.3, 0.4) is 0 Å². The molecule has 1 heterocycles. The molecule has 0 saturated heterocycles. The lowest BCUT2D eigenvalue weighted by molar-refractivity contribution is 0.195. The molecule has 1 atom stereocenters. The Balaban J connectivity index is 1.95. The molecule has 90 valence electrons. The highest BCUT2D eigenvalue weighted by Gasteiger charge is 2.20. The molecule has 1 unspecified atom stereocenters. The highest BCUT2D eigenvalue weighted by atomic mass is 16.3. The Morgan fingerprint density at radius 1 is 1.35 bits per heavy atom. The second-order valence-corrected chi connectivity index (χ2v) is 5.25. The Bertz CT molecular complexity index is 523. The fourth-order valence-electron chi connectivity index (χ4n) is 2.66. The topological polar surface area (TPSA) is 25.2 Å². The third-order valence-electron chi connectivity index (χ3n) is 3.78. The maximum Gasteiger partial charge on any atom is 0.0552 e. The van der Waals surface area contributed by atoms with E-state index in [0.717, 1.165) is 12.5 Å². The van der Waals surface area contributed by atoms with Crippen LogP contribution >= 0.6 is 0 Å². The van der Waals surface area contributed by atoms with Gasteiger partial charge in [0.25, 0.3) is 0 Å². The van der Waals surface area contributed by atoms with Crippen LogP contribution in [-0.4, -0.2) is 15.8 Å². The van der Waals surface area contributed by atoms with Crippen molar-refractivity contribution in [3.8, 4) is 0 Å². The minimum absolute atomic E-state index is 0.263. The Morgan fingerprint density at radius 2 is 2.18 bits per heavy atom. The van der Waals surface area contributed by atoms with E-state index in [0.29, 0.717) is 0 Å². The van der Waals surface area contributed by atoms with Gasteiger partial charge < -0.3 is 9.67 Å². The van der Waals surface area contributed by atoms with Gasteiger partial charge in [0.05, 0.1) is 6.10 Å². The molecule has 1 aromatic heterocycles. The summed E-state index contributed by atoms with van der Waals surface area (Å²) in [4.78, 5) is 0. The van der Waals surface area contributed by atoms with Crippen LogP contribution in [0.15, 0.2) is 30.5 Å². The first-order valence-electron chi connectivity index (χ1n) is 6.51. The number of nitrogens with zero attached hydrogens (tertiary/aromatic N) is 1. The minimum atomic E-state index is -0.263. The first-order chi connectivity index (χ1) is 8.24. The number of fused-ring (bicyclic) bond motifs is 1. The van der Waals surface area contributed by atoms with E-state index < -0.39 is 0 Å². The smallest absolute Gasteiger partial charge is 0.0552 e. The number of hydrogen-bond donors (Lipinski definition) is 1. The summed E-state index contributed by atoms with van der Waals surface area (Å²) >= 11 is 0. The van der Waals surface area contributed by atoms with Gasteiger partial charge in [-0.1, -0.05) is 6.07 Å². The van der Waals surface area contributed by atoms with Gasteiger partial charge in [0, 0.05) is 17.8 Å². The Hall–Kier alpha value is -1.28. The average molecular weight is 229 g/mol. The van der Waals surface area contributed by atoms with E-state index in [-0.39, 0.29) is 6.10 Å². The summed E-state index contributed by atoms with van der Waals surface area (Å²) < 4.78 is 2.41. The van der Waals surface area contributed by atoms with Crippen molar-refractivity contribution in [3.63, 3.8) is 0 Å². The van der Waals surface area contributed by atoms with Crippen molar-refractivity contribution in [1.82, 2.24) is 4.57 Å². The lowest BCUT2D eigenvalue weighted by atomic mass is 9.93. The number of aromatic nitrogens is 1. The number of rotatable bonds is 3. The monoisotopic (exact) mass is 229 g/mol. The fourth-order valence-corrected chi connectivity index (χ4v) is 2.66. The van der Waals surface area contributed by atoms with Gasteiger partial charge in [0.1, 0.15) is 0 Å². The highest BCUT2D eigenvalue weighted by Crippen LogP contribution is 2.34. The summed E-state index contributed by atoms with van der Waals surface area (Å²) in [7, 11) is 0. The maximum atomic E-state index is 9.41. The van der Waals surface area contributed by atoms with Gasteiger partial charge in [0.15, 0.2) is 0 Å². The van der Waals surface area contributed by atoms with Crippen molar-refractivity contribution in [3.05, 3.63) is 36.0 Å². The molecule has 2 aromatic rings. The van der Waals surface area contributed by atoms with Crippen molar-refractivity contribution in [2.45, 2.75) is 44.8 Å². The van der Waals surface area contributed by atoms with Crippen molar-refractivity contribution in [2.75, 3.05) is 0 Å². The van der Waals surface area contributed by atoms with Gasteiger partial charge in [-0.25, -0.2) is 0 Å². The van der Waals surface area contributed by atoms with E-state index in [9.17, 15) is 5.11 Å². The van der Waals surface area contributed by atoms with Gasteiger partial charge in [-0.05, 0) is 61.8 Å². The molecule has 2 nitrogen and oxygen atoms in total. The zero-order chi connectivity index (χ0) is 11.8. The molecule has 0 bridgehead atoms. The van der Waals surface area contributed by atoms with E-state index in [2.05, 4.69) is 35.0 Å². The molecule has 0 spiro atoms. The van der Waals surface area contributed by atoms with Crippen LogP contribution in [0.25, 0.3) is 10.9 Å². The van der Waals surface area contributed by atoms with Crippen LogP contribution in [0.2, 0.25) is 0 Å². The molecule has 1 aliphatic rings. The number of benzene rings is 1. The second kappa shape index (κ2) is 4.19. The third-order valence-corrected chi connectivity index (χ3v) is 3.78. The summed E-state index contributed by atoms with van der Waals surface area (Å²) in [6, 6.07) is 9.46. The largest absolute Gasteiger partial charge is 0.393 e. The van der Waals surface area contributed by atoms with Crippen LogP contribution < -0.4 is 0 Å². The molecule has 0 radical (unpaired) electrons. The number of aliphatic hydroxyl groups excluding tert-OH is 1. The summed E-state index contributed by atoms with van der Waals surface area (Å²) in [5.74, 6) is 0. The van der Waals surface area contributed by atoms with E-state index >= 15 is 0 Å². The van der Waals surface area contributed by atoms with Crippen LogP contribution in [0.1, 0.15) is 37.8 Å². The molecular formula is C15H19NO. The third kappa shape index (κ3) is 1.98. The first kappa shape index (κ1) is 10.8. The number of hydrogen-bond acceptors (Lipinski definition) is 1. The van der Waals surface area contributed by atoms with E-state index in [1.807, 2.05) is 6.92 Å². The molecule has 1 N–H and O–H groups in total. The molecule has 0 aliphatic heterocycles. The Labute approximate surface area is 102 Å².